The van der Waals surface area contributed by atoms with Gasteiger partial charge in [0.05, 0.1) is 31.4 Å². The molecule has 0 aromatic heterocycles. The van der Waals surface area contributed by atoms with Crippen molar-refractivity contribution in [1.82, 2.24) is 0 Å². The van der Waals surface area contributed by atoms with Gasteiger partial charge in [0.15, 0.2) is 22.9 Å². The highest BCUT2D eigenvalue weighted by Gasteiger charge is 2.26. The van der Waals surface area contributed by atoms with Gasteiger partial charge in [-0.1, -0.05) is 33.6 Å². The van der Waals surface area contributed by atoms with Gasteiger partial charge in [0.1, 0.15) is 0 Å². The first kappa shape index (κ1) is 26.4. The zero-order valence-electron chi connectivity index (χ0n) is 20.3. The number of halogens is 2. The maximum Gasteiger partial charge on any atom is 0.363 e. The molecule has 190 valence electrons. The van der Waals surface area contributed by atoms with E-state index >= 15 is 0 Å². The third-order valence-electron chi connectivity index (χ3n) is 5.31. The summed E-state index contributed by atoms with van der Waals surface area (Å²) in [6, 6.07) is 13.9. The minimum absolute atomic E-state index is 0.0617. The molecule has 0 saturated heterocycles. The molecule has 0 radical (unpaired) electrons. The van der Waals surface area contributed by atoms with Gasteiger partial charge in [0.2, 0.25) is 11.6 Å². The highest BCUT2D eigenvalue weighted by Crippen LogP contribution is 2.40. The van der Waals surface area contributed by atoms with E-state index < -0.39 is 11.9 Å². The zero-order valence-corrected chi connectivity index (χ0v) is 23.4. The number of ether oxygens (including phenoxy) is 5. The van der Waals surface area contributed by atoms with Crippen molar-refractivity contribution in [1.29, 1.82) is 0 Å². The van der Waals surface area contributed by atoms with Gasteiger partial charge < -0.3 is 23.7 Å². The molecule has 1 aliphatic heterocycles. The van der Waals surface area contributed by atoms with Crippen LogP contribution in [0.1, 0.15) is 27.0 Å². The van der Waals surface area contributed by atoms with Crippen molar-refractivity contribution in [3.8, 4) is 23.0 Å². The average Bonchev–Trinajstić information content (AvgIpc) is 3.24. The molecular weight excluding hydrogens is 610 g/mol. The Bertz CT molecular complexity index is 1440. The molecule has 0 aliphatic carbocycles. The summed E-state index contributed by atoms with van der Waals surface area (Å²) >= 11 is 6.88. The minimum atomic E-state index is -0.681. The highest BCUT2D eigenvalue weighted by atomic mass is 79.9. The van der Waals surface area contributed by atoms with Gasteiger partial charge in [0, 0.05) is 15.6 Å². The summed E-state index contributed by atoms with van der Waals surface area (Å²) in [5.41, 5.74) is 2.34. The van der Waals surface area contributed by atoms with Crippen LogP contribution < -0.4 is 18.9 Å². The monoisotopic (exact) mass is 629 g/mol. The summed E-state index contributed by atoms with van der Waals surface area (Å²) in [6.07, 6.45) is 1.50. The van der Waals surface area contributed by atoms with Gasteiger partial charge in [0.25, 0.3) is 0 Å². The number of esters is 2. The molecule has 0 saturated carbocycles. The summed E-state index contributed by atoms with van der Waals surface area (Å²) < 4.78 is 28.3. The van der Waals surface area contributed by atoms with Crippen molar-refractivity contribution in [2.75, 3.05) is 21.3 Å². The molecule has 3 aromatic rings. The van der Waals surface area contributed by atoms with Crippen LogP contribution in [-0.4, -0.2) is 39.2 Å². The van der Waals surface area contributed by atoms with Crippen molar-refractivity contribution in [2.24, 2.45) is 4.99 Å². The maximum atomic E-state index is 13.2. The standard InChI is InChI=1S/C27H21Br2NO7/c1-14-6-5-7-15(8-14)25-30-20(27(32)37-25)10-16-9-18(28)13-19(29)23(16)36-26(31)17-11-21(33-2)24(35-4)22(12-17)34-3/h5-13H,1-4H3. The van der Waals surface area contributed by atoms with E-state index in [4.69, 9.17) is 23.7 Å². The van der Waals surface area contributed by atoms with Crippen LogP contribution in [0.2, 0.25) is 0 Å². The minimum Gasteiger partial charge on any atom is -0.493 e. The van der Waals surface area contributed by atoms with Gasteiger partial charge in [-0.05, 0) is 65.3 Å². The average molecular weight is 631 g/mol. The lowest BCUT2D eigenvalue weighted by atomic mass is 10.1. The number of carbonyl (C=O) groups excluding carboxylic acids is 2. The Hall–Kier alpha value is -3.63. The molecular formula is C27H21Br2NO7. The molecule has 8 nitrogen and oxygen atoms in total. The summed E-state index contributed by atoms with van der Waals surface area (Å²) in [5.74, 6) is 0.0371. The second-order valence-electron chi connectivity index (χ2n) is 7.82. The number of benzene rings is 3. The van der Waals surface area contributed by atoms with Crippen LogP contribution in [0.25, 0.3) is 6.08 Å². The lowest BCUT2D eigenvalue weighted by Gasteiger charge is -2.15. The summed E-state index contributed by atoms with van der Waals surface area (Å²) in [4.78, 5) is 30.1. The first-order valence-electron chi connectivity index (χ1n) is 10.8. The fraction of sp³-hybridized carbons (Fsp3) is 0.148. The van der Waals surface area contributed by atoms with Crippen molar-refractivity contribution in [3.05, 3.63) is 85.4 Å². The quantitative estimate of drug-likeness (QED) is 0.177. The van der Waals surface area contributed by atoms with E-state index in [1.807, 2.05) is 31.2 Å². The Labute approximate surface area is 230 Å². The Morgan fingerprint density at radius 2 is 1.65 bits per heavy atom. The van der Waals surface area contributed by atoms with Crippen molar-refractivity contribution in [3.63, 3.8) is 0 Å². The van der Waals surface area contributed by atoms with Crippen LogP contribution in [0.15, 0.2) is 68.2 Å². The predicted octanol–water partition coefficient (Wildman–Crippen LogP) is 6.11. The number of hydrogen-bond donors (Lipinski definition) is 0. The van der Waals surface area contributed by atoms with E-state index in [0.29, 0.717) is 37.3 Å². The molecule has 0 atom stereocenters. The van der Waals surface area contributed by atoms with Crippen molar-refractivity contribution in [2.45, 2.75) is 6.92 Å². The second-order valence-corrected chi connectivity index (χ2v) is 9.59. The van der Waals surface area contributed by atoms with Crippen LogP contribution in [0.4, 0.5) is 0 Å². The highest BCUT2D eigenvalue weighted by molar-refractivity contribution is 9.11. The second kappa shape index (κ2) is 11.2. The topological polar surface area (TPSA) is 92.7 Å². The lowest BCUT2D eigenvalue weighted by molar-refractivity contribution is -0.129. The molecule has 0 bridgehead atoms. The fourth-order valence-corrected chi connectivity index (χ4v) is 4.94. The molecule has 0 spiro atoms. The summed E-state index contributed by atoms with van der Waals surface area (Å²) in [6.45, 7) is 1.94. The van der Waals surface area contributed by atoms with Crippen LogP contribution in [0, 0.1) is 6.92 Å². The first-order valence-corrected chi connectivity index (χ1v) is 12.4. The van der Waals surface area contributed by atoms with E-state index in [-0.39, 0.29) is 22.9 Å². The largest absolute Gasteiger partial charge is 0.493 e. The van der Waals surface area contributed by atoms with E-state index in [1.54, 1.807) is 12.1 Å². The van der Waals surface area contributed by atoms with E-state index in [0.717, 1.165) is 5.56 Å². The first-order chi connectivity index (χ1) is 17.7. The lowest BCUT2D eigenvalue weighted by Crippen LogP contribution is -2.11. The number of aliphatic imine (C=N–C) groups is 1. The summed E-state index contributed by atoms with van der Waals surface area (Å²) in [5, 5.41) is 0. The van der Waals surface area contributed by atoms with Crippen LogP contribution in [0.5, 0.6) is 23.0 Å². The normalized spacial score (nSPS) is 13.7. The Balaban J connectivity index is 1.72. The number of aryl methyl sites for hydroxylation is 1. The van der Waals surface area contributed by atoms with Crippen LogP contribution >= 0.6 is 31.9 Å². The SMILES string of the molecule is COc1cc(C(=O)Oc2c(Br)cc(Br)cc2C=C2N=C(c3cccc(C)c3)OC2=O)cc(OC)c1OC. The molecule has 3 aromatic carbocycles. The van der Waals surface area contributed by atoms with E-state index in [2.05, 4.69) is 36.9 Å². The molecule has 0 amide bonds. The van der Waals surface area contributed by atoms with E-state index in [9.17, 15) is 9.59 Å². The van der Waals surface area contributed by atoms with Crippen LogP contribution in [0.3, 0.4) is 0 Å². The number of hydrogen-bond acceptors (Lipinski definition) is 8. The van der Waals surface area contributed by atoms with Crippen molar-refractivity contribution >= 4 is 55.8 Å². The predicted molar refractivity (Wildman–Crippen MR) is 145 cm³/mol. The van der Waals surface area contributed by atoms with Crippen molar-refractivity contribution < 1.29 is 33.3 Å². The number of carbonyl (C=O) groups is 2. The van der Waals surface area contributed by atoms with Gasteiger partial charge in [-0.2, -0.15) is 0 Å². The zero-order chi connectivity index (χ0) is 26.7. The molecule has 0 N–H and O–H groups in total. The van der Waals surface area contributed by atoms with Crippen LogP contribution in [-0.2, 0) is 9.53 Å². The van der Waals surface area contributed by atoms with Gasteiger partial charge >= 0.3 is 11.9 Å². The number of methoxy groups -OCH3 is 3. The fourth-order valence-electron chi connectivity index (χ4n) is 3.60. The Morgan fingerprint density at radius 1 is 0.946 bits per heavy atom. The van der Waals surface area contributed by atoms with Gasteiger partial charge in [-0.25, -0.2) is 14.6 Å². The third kappa shape index (κ3) is 5.70. The Morgan fingerprint density at radius 3 is 2.27 bits per heavy atom. The van der Waals surface area contributed by atoms with Gasteiger partial charge in [-0.15, -0.1) is 0 Å². The number of nitrogens with zero attached hydrogens (tertiary/aromatic N) is 1. The Kier molecular flexibility index (Phi) is 7.99. The molecule has 10 heteroatoms. The van der Waals surface area contributed by atoms with E-state index in [1.165, 1.54) is 39.5 Å². The molecule has 1 heterocycles. The van der Waals surface area contributed by atoms with Gasteiger partial charge in [-0.3, -0.25) is 0 Å². The molecule has 0 unspecified atom stereocenters. The molecule has 0 fully saturated rings. The maximum absolute atomic E-state index is 13.2. The smallest absolute Gasteiger partial charge is 0.363 e. The molecule has 4 rings (SSSR count). The molecule has 1 aliphatic rings. The molecule has 37 heavy (non-hydrogen) atoms. The summed E-state index contributed by atoms with van der Waals surface area (Å²) in [7, 11) is 4.38. The number of rotatable bonds is 7. The third-order valence-corrected chi connectivity index (χ3v) is 6.36. The number of cyclic esters (lactones) is 1.